The van der Waals surface area contributed by atoms with Crippen LogP contribution >= 0.6 is 0 Å². The van der Waals surface area contributed by atoms with Crippen LogP contribution in [0.5, 0.6) is 11.5 Å². The highest BCUT2D eigenvalue weighted by Crippen LogP contribution is 2.29. The van der Waals surface area contributed by atoms with Crippen LogP contribution in [-0.4, -0.2) is 38.1 Å². The van der Waals surface area contributed by atoms with E-state index in [-0.39, 0.29) is 36.3 Å². The van der Waals surface area contributed by atoms with E-state index in [0.717, 1.165) is 5.56 Å². The first kappa shape index (κ1) is 20.6. The highest BCUT2D eigenvalue weighted by Gasteiger charge is 2.12. The SMILES string of the molecule is COc1cc(CNC(=O)CN(C)Cc2cccc(F)c2)ccc1OC(F)F. The highest BCUT2D eigenvalue weighted by molar-refractivity contribution is 5.78. The number of amides is 1. The summed E-state index contributed by atoms with van der Waals surface area (Å²) in [5.41, 5.74) is 1.44. The second-order valence-corrected chi connectivity index (χ2v) is 5.94. The predicted molar refractivity (Wildman–Crippen MR) is 94.2 cm³/mol. The first-order valence-corrected chi connectivity index (χ1v) is 8.19. The molecule has 0 fully saturated rings. The Morgan fingerprint density at radius 3 is 2.59 bits per heavy atom. The van der Waals surface area contributed by atoms with E-state index in [1.54, 1.807) is 30.1 Å². The normalized spacial score (nSPS) is 10.9. The molecular weight excluding hydrogens is 361 g/mol. The van der Waals surface area contributed by atoms with Gasteiger partial charge in [-0.2, -0.15) is 8.78 Å². The second-order valence-electron chi connectivity index (χ2n) is 5.94. The van der Waals surface area contributed by atoms with Gasteiger partial charge in [0.05, 0.1) is 13.7 Å². The molecule has 0 aliphatic carbocycles. The molecular formula is C19H21F3N2O3. The van der Waals surface area contributed by atoms with Crippen LogP contribution in [0.15, 0.2) is 42.5 Å². The maximum absolute atomic E-state index is 13.2. The van der Waals surface area contributed by atoms with Gasteiger partial charge in [-0.05, 0) is 42.4 Å². The fourth-order valence-electron chi connectivity index (χ4n) is 2.52. The van der Waals surface area contributed by atoms with Crippen LogP contribution in [0.25, 0.3) is 0 Å². The van der Waals surface area contributed by atoms with Gasteiger partial charge in [0.2, 0.25) is 5.91 Å². The maximum Gasteiger partial charge on any atom is 0.387 e. The number of methoxy groups -OCH3 is 1. The Morgan fingerprint density at radius 2 is 1.93 bits per heavy atom. The molecule has 2 aromatic carbocycles. The van der Waals surface area contributed by atoms with Crippen molar-refractivity contribution in [1.29, 1.82) is 0 Å². The minimum atomic E-state index is -2.95. The number of likely N-dealkylation sites (N-methyl/N-ethyl adjacent to an activating group) is 1. The van der Waals surface area contributed by atoms with Crippen molar-refractivity contribution in [3.63, 3.8) is 0 Å². The van der Waals surface area contributed by atoms with Gasteiger partial charge < -0.3 is 14.8 Å². The zero-order valence-corrected chi connectivity index (χ0v) is 15.0. The molecule has 0 heterocycles. The molecule has 1 N–H and O–H groups in total. The third-order valence-electron chi connectivity index (χ3n) is 3.69. The molecule has 2 aromatic rings. The number of hydrogen-bond acceptors (Lipinski definition) is 4. The first-order valence-electron chi connectivity index (χ1n) is 8.19. The molecule has 8 heteroatoms. The number of ether oxygens (including phenoxy) is 2. The van der Waals surface area contributed by atoms with Crippen molar-refractivity contribution >= 4 is 5.91 Å². The van der Waals surface area contributed by atoms with Crippen molar-refractivity contribution in [2.24, 2.45) is 0 Å². The van der Waals surface area contributed by atoms with E-state index >= 15 is 0 Å². The van der Waals surface area contributed by atoms with E-state index in [9.17, 15) is 18.0 Å². The zero-order chi connectivity index (χ0) is 19.8. The minimum absolute atomic E-state index is 0.0718. The molecule has 0 aliphatic heterocycles. The van der Waals surface area contributed by atoms with E-state index < -0.39 is 6.61 Å². The number of nitrogens with one attached hydrogen (secondary N) is 1. The van der Waals surface area contributed by atoms with Crippen molar-refractivity contribution in [3.05, 3.63) is 59.4 Å². The quantitative estimate of drug-likeness (QED) is 0.724. The smallest absolute Gasteiger partial charge is 0.387 e. The molecule has 0 unspecified atom stereocenters. The lowest BCUT2D eigenvalue weighted by Gasteiger charge is -2.17. The van der Waals surface area contributed by atoms with Crippen molar-refractivity contribution in [2.45, 2.75) is 19.7 Å². The average molecular weight is 382 g/mol. The number of alkyl halides is 2. The molecule has 0 spiro atoms. The van der Waals surface area contributed by atoms with Crippen LogP contribution in [0.1, 0.15) is 11.1 Å². The Bertz CT molecular complexity index is 772. The van der Waals surface area contributed by atoms with Crippen LogP contribution in [-0.2, 0) is 17.9 Å². The summed E-state index contributed by atoms with van der Waals surface area (Å²) in [6, 6.07) is 10.6. The third kappa shape index (κ3) is 6.82. The number of hydrogen-bond donors (Lipinski definition) is 1. The van der Waals surface area contributed by atoms with Gasteiger partial charge >= 0.3 is 6.61 Å². The van der Waals surface area contributed by atoms with Gasteiger partial charge in [-0.1, -0.05) is 18.2 Å². The number of carbonyl (C=O) groups excluding carboxylic acids is 1. The largest absolute Gasteiger partial charge is 0.493 e. The molecule has 0 aromatic heterocycles. The molecule has 0 radical (unpaired) electrons. The number of rotatable bonds is 9. The summed E-state index contributed by atoms with van der Waals surface area (Å²) >= 11 is 0. The maximum atomic E-state index is 13.2. The Hall–Kier alpha value is -2.74. The fraction of sp³-hybridized carbons (Fsp3) is 0.316. The lowest BCUT2D eigenvalue weighted by molar-refractivity contribution is -0.122. The minimum Gasteiger partial charge on any atom is -0.493 e. The summed E-state index contributed by atoms with van der Waals surface area (Å²) in [5, 5.41) is 2.74. The lowest BCUT2D eigenvalue weighted by Crippen LogP contribution is -2.34. The van der Waals surface area contributed by atoms with Gasteiger partial charge in [0.25, 0.3) is 0 Å². The summed E-state index contributed by atoms with van der Waals surface area (Å²) < 4.78 is 47.2. The van der Waals surface area contributed by atoms with Gasteiger partial charge in [0.1, 0.15) is 5.82 Å². The molecule has 27 heavy (non-hydrogen) atoms. The van der Waals surface area contributed by atoms with Crippen LogP contribution in [0.2, 0.25) is 0 Å². The highest BCUT2D eigenvalue weighted by atomic mass is 19.3. The Labute approximate surface area is 155 Å². The molecule has 146 valence electrons. The molecule has 0 saturated carbocycles. The summed E-state index contributed by atoms with van der Waals surface area (Å²) in [7, 11) is 3.10. The average Bonchev–Trinajstić information content (AvgIpc) is 2.60. The monoisotopic (exact) mass is 382 g/mol. The first-order chi connectivity index (χ1) is 12.9. The van der Waals surface area contributed by atoms with Gasteiger partial charge in [-0.15, -0.1) is 0 Å². The zero-order valence-electron chi connectivity index (χ0n) is 15.0. The van der Waals surface area contributed by atoms with Crippen molar-refractivity contribution in [2.75, 3.05) is 20.7 Å². The number of nitrogens with zero attached hydrogens (tertiary/aromatic N) is 1. The molecule has 0 saturated heterocycles. The summed E-state index contributed by atoms with van der Waals surface area (Å²) in [6.45, 7) is -2.19. The number of benzene rings is 2. The van der Waals surface area contributed by atoms with Crippen molar-refractivity contribution in [1.82, 2.24) is 10.2 Å². The predicted octanol–water partition coefficient (Wildman–Crippen LogP) is 3.18. The van der Waals surface area contributed by atoms with E-state index in [1.807, 2.05) is 0 Å². The van der Waals surface area contributed by atoms with E-state index in [2.05, 4.69) is 10.1 Å². The van der Waals surface area contributed by atoms with Crippen molar-refractivity contribution < 1.29 is 27.4 Å². The second kappa shape index (κ2) is 9.82. The molecule has 5 nitrogen and oxygen atoms in total. The number of halogens is 3. The Morgan fingerprint density at radius 1 is 1.15 bits per heavy atom. The summed E-state index contributed by atoms with van der Waals surface area (Å²) in [5.74, 6) is -0.456. The third-order valence-corrected chi connectivity index (χ3v) is 3.69. The Balaban J connectivity index is 1.85. The molecule has 0 bridgehead atoms. The van der Waals surface area contributed by atoms with Crippen LogP contribution in [0.4, 0.5) is 13.2 Å². The summed E-state index contributed by atoms with van der Waals surface area (Å²) in [4.78, 5) is 13.8. The van der Waals surface area contributed by atoms with E-state index in [4.69, 9.17) is 4.74 Å². The van der Waals surface area contributed by atoms with Crippen LogP contribution in [0, 0.1) is 5.82 Å². The van der Waals surface area contributed by atoms with Crippen molar-refractivity contribution in [3.8, 4) is 11.5 Å². The molecule has 2 rings (SSSR count). The Kier molecular flexibility index (Phi) is 7.48. The lowest BCUT2D eigenvalue weighted by atomic mass is 10.2. The van der Waals surface area contributed by atoms with Crippen LogP contribution < -0.4 is 14.8 Å². The summed E-state index contributed by atoms with van der Waals surface area (Å²) in [6.07, 6.45) is 0. The van der Waals surface area contributed by atoms with Gasteiger partial charge in [-0.25, -0.2) is 4.39 Å². The van der Waals surface area contributed by atoms with Crippen LogP contribution in [0.3, 0.4) is 0 Å². The topological polar surface area (TPSA) is 50.8 Å². The fourth-order valence-corrected chi connectivity index (χ4v) is 2.52. The van der Waals surface area contributed by atoms with E-state index in [0.29, 0.717) is 12.1 Å². The molecule has 1 amide bonds. The molecule has 0 atom stereocenters. The number of carbonyl (C=O) groups is 1. The van der Waals surface area contributed by atoms with Gasteiger partial charge in [0, 0.05) is 13.1 Å². The molecule has 0 aliphatic rings. The standard InChI is InChI=1S/C19H21F3N2O3/c1-24(11-14-4-3-5-15(20)8-14)12-18(25)23-10-13-6-7-16(27-19(21)22)17(9-13)26-2/h3-9,19H,10-12H2,1-2H3,(H,23,25). The van der Waals surface area contributed by atoms with Gasteiger partial charge in [0.15, 0.2) is 11.5 Å². The van der Waals surface area contributed by atoms with E-state index in [1.165, 1.54) is 31.4 Å². The van der Waals surface area contributed by atoms with Gasteiger partial charge in [-0.3, -0.25) is 9.69 Å².